The monoisotopic (exact) mass is 161 g/mol. The maximum absolute atomic E-state index is 10.6. The Morgan fingerprint density at radius 3 is 3.42 bits per heavy atom. The molecule has 2 heterocycles. The second-order valence-electron chi connectivity index (χ2n) is 2.62. The molecular weight excluding hydrogens is 152 g/mol. The summed E-state index contributed by atoms with van der Waals surface area (Å²) >= 11 is 0. The molecule has 3 nitrogen and oxygen atoms in total. The molecule has 3 heteroatoms. The fourth-order valence-corrected chi connectivity index (χ4v) is 1.28. The van der Waals surface area contributed by atoms with Crippen LogP contribution in [-0.2, 0) is 4.79 Å². The van der Waals surface area contributed by atoms with Crippen molar-refractivity contribution >= 4 is 12.4 Å². The molecule has 0 bridgehead atoms. The average molecular weight is 161 g/mol. The van der Waals surface area contributed by atoms with Gasteiger partial charge >= 0.3 is 1.43 Å². The van der Waals surface area contributed by atoms with E-state index in [1.807, 2.05) is 12.1 Å². The first-order valence-corrected chi connectivity index (χ1v) is 3.73. The SMILES string of the molecule is O=CC1NC=Cc2cnccc21.[H+]. The molecule has 1 atom stereocenters. The van der Waals surface area contributed by atoms with Gasteiger partial charge in [0.25, 0.3) is 0 Å². The summed E-state index contributed by atoms with van der Waals surface area (Å²) in [6.45, 7) is 0. The van der Waals surface area contributed by atoms with Crippen molar-refractivity contribution in [3.05, 3.63) is 35.8 Å². The molecule has 0 spiro atoms. The normalized spacial score (nSPS) is 19.5. The van der Waals surface area contributed by atoms with Gasteiger partial charge in [0.05, 0.1) is 0 Å². The topological polar surface area (TPSA) is 42.0 Å². The van der Waals surface area contributed by atoms with E-state index >= 15 is 0 Å². The van der Waals surface area contributed by atoms with Gasteiger partial charge in [0.1, 0.15) is 12.3 Å². The third-order valence-corrected chi connectivity index (χ3v) is 1.90. The van der Waals surface area contributed by atoms with E-state index in [4.69, 9.17) is 0 Å². The Morgan fingerprint density at radius 1 is 1.67 bits per heavy atom. The number of nitrogens with one attached hydrogen (secondary N) is 1. The van der Waals surface area contributed by atoms with Crippen LogP contribution in [0.25, 0.3) is 6.08 Å². The lowest BCUT2D eigenvalue weighted by molar-refractivity contribution is -0.109. The number of hydrogen-bond acceptors (Lipinski definition) is 3. The van der Waals surface area contributed by atoms with Crippen molar-refractivity contribution < 1.29 is 6.22 Å². The Bertz CT molecular complexity index is 338. The fraction of sp³-hybridized carbons (Fsp3) is 0.111. The van der Waals surface area contributed by atoms with Crippen LogP contribution in [0.1, 0.15) is 18.6 Å². The zero-order chi connectivity index (χ0) is 8.39. The number of carbonyl (C=O) groups excluding carboxylic acids is 1. The summed E-state index contributed by atoms with van der Waals surface area (Å²) in [7, 11) is 0. The summed E-state index contributed by atoms with van der Waals surface area (Å²) < 4.78 is 0. The largest absolute Gasteiger partial charge is 1.00 e. The first kappa shape index (κ1) is 7.03. The van der Waals surface area contributed by atoms with E-state index in [9.17, 15) is 4.79 Å². The van der Waals surface area contributed by atoms with Crippen LogP contribution in [0.15, 0.2) is 24.7 Å². The van der Waals surface area contributed by atoms with E-state index in [2.05, 4.69) is 10.3 Å². The maximum atomic E-state index is 10.6. The van der Waals surface area contributed by atoms with E-state index in [0.717, 1.165) is 17.4 Å². The van der Waals surface area contributed by atoms with Gasteiger partial charge in [-0.25, -0.2) is 0 Å². The van der Waals surface area contributed by atoms with Crippen molar-refractivity contribution in [1.82, 2.24) is 10.3 Å². The molecule has 1 unspecified atom stereocenters. The predicted molar refractivity (Wildman–Crippen MR) is 46.3 cm³/mol. The van der Waals surface area contributed by atoms with E-state index in [-0.39, 0.29) is 7.47 Å². The van der Waals surface area contributed by atoms with Gasteiger partial charge < -0.3 is 10.1 Å². The van der Waals surface area contributed by atoms with Crippen molar-refractivity contribution in [3.63, 3.8) is 0 Å². The van der Waals surface area contributed by atoms with Gasteiger partial charge in [-0.05, 0) is 29.5 Å². The summed E-state index contributed by atoms with van der Waals surface area (Å²) in [6.07, 6.45) is 8.01. The summed E-state index contributed by atoms with van der Waals surface area (Å²) in [5, 5.41) is 2.95. The number of fused-ring (bicyclic) bond motifs is 1. The quantitative estimate of drug-likeness (QED) is 0.625. The van der Waals surface area contributed by atoms with Crippen molar-refractivity contribution in [2.75, 3.05) is 0 Å². The zero-order valence-corrected chi connectivity index (χ0v) is 6.40. The molecule has 1 aromatic heterocycles. The summed E-state index contributed by atoms with van der Waals surface area (Å²) in [5.41, 5.74) is 2.00. The van der Waals surface area contributed by atoms with Gasteiger partial charge in [0, 0.05) is 12.4 Å². The van der Waals surface area contributed by atoms with Gasteiger partial charge in [-0.2, -0.15) is 0 Å². The molecule has 12 heavy (non-hydrogen) atoms. The Hall–Kier alpha value is -1.64. The van der Waals surface area contributed by atoms with Crippen molar-refractivity contribution in [3.8, 4) is 0 Å². The molecule has 0 aromatic carbocycles. The van der Waals surface area contributed by atoms with E-state index in [1.165, 1.54) is 0 Å². The number of hydrogen-bond donors (Lipinski definition) is 1. The highest BCUT2D eigenvalue weighted by atomic mass is 16.1. The van der Waals surface area contributed by atoms with Gasteiger partial charge in [-0.3, -0.25) is 4.98 Å². The molecular formula is C9H9N2O+. The van der Waals surface area contributed by atoms with Gasteiger partial charge in [0.15, 0.2) is 0 Å². The molecule has 2 rings (SSSR count). The van der Waals surface area contributed by atoms with Crippen LogP contribution in [0, 0.1) is 0 Å². The van der Waals surface area contributed by atoms with Crippen LogP contribution < -0.4 is 5.32 Å². The van der Waals surface area contributed by atoms with Crippen LogP contribution in [0.4, 0.5) is 0 Å². The standard InChI is InChI=1S/C9H8N2O/c12-6-9-8-2-3-10-5-7(8)1-4-11-9/h1-6,9,11H/p+1. The molecule has 0 aliphatic carbocycles. The molecule has 0 radical (unpaired) electrons. The highest BCUT2D eigenvalue weighted by Crippen LogP contribution is 2.19. The first-order chi connectivity index (χ1) is 5.92. The van der Waals surface area contributed by atoms with Gasteiger partial charge in [-0.15, -0.1) is 0 Å². The van der Waals surface area contributed by atoms with E-state index in [0.29, 0.717) is 0 Å². The lowest BCUT2D eigenvalue weighted by Gasteiger charge is -2.17. The van der Waals surface area contributed by atoms with Crippen LogP contribution in [-0.4, -0.2) is 11.3 Å². The molecule has 1 aliphatic heterocycles. The second kappa shape index (κ2) is 2.77. The zero-order valence-electron chi connectivity index (χ0n) is 7.40. The number of pyridine rings is 1. The smallest absolute Gasteiger partial charge is 0.378 e. The summed E-state index contributed by atoms with van der Waals surface area (Å²) in [5.74, 6) is 0. The maximum Gasteiger partial charge on any atom is 1.00 e. The van der Waals surface area contributed by atoms with Crippen LogP contribution >= 0.6 is 0 Å². The molecule has 1 aromatic rings. The lowest BCUT2D eigenvalue weighted by atomic mass is 10.0. The Labute approximate surface area is 71.6 Å². The van der Waals surface area contributed by atoms with E-state index in [1.54, 1.807) is 18.6 Å². The number of aromatic nitrogens is 1. The minimum atomic E-state index is -0.215. The van der Waals surface area contributed by atoms with Crippen molar-refractivity contribution in [1.29, 1.82) is 0 Å². The molecule has 60 valence electrons. The minimum absolute atomic E-state index is 0. The Morgan fingerprint density at radius 2 is 2.58 bits per heavy atom. The molecule has 0 fully saturated rings. The second-order valence-corrected chi connectivity index (χ2v) is 2.62. The molecule has 0 saturated heterocycles. The van der Waals surface area contributed by atoms with Crippen LogP contribution in [0.3, 0.4) is 0 Å². The Balaban J connectivity index is 0.000000845. The fourth-order valence-electron chi connectivity index (χ4n) is 1.28. The number of rotatable bonds is 1. The minimum Gasteiger partial charge on any atom is -0.378 e. The highest BCUT2D eigenvalue weighted by molar-refractivity contribution is 5.69. The first-order valence-electron chi connectivity index (χ1n) is 3.73. The number of aldehydes is 1. The molecule has 0 saturated carbocycles. The number of nitrogens with zero attached hydrogens (tertiary/aromatic N) is 1. The number of carbonyl (C=O) groups is 1. The van der Waals surface area contributed by atoms with Gasteiger partial charge in [-0.1, -0.05) is 0 Å². The van der Waals surface area contributed by atoms with Crippen LogP contribution in [0.2, 0.25) is 0 Å². The summed E-state index contributed by atoms with van der Waals surface area (Å²) in [6, 6.07) is 1.64. The van der Waals surface area contributed by atoms with Crippen molar-refractivity contribution in [2.45, 2.75) is 6.04 Å². The third kappa shape index (κ3) is 0.993. The van der Waals surface area contributed by atoms with Gasteiger partial charge in [0.2, 0.25) is 0 Å². The molecule has 1 N–H and O–H groups in total. The summed E-state index contributed by atoms with van der Waals surface area (Å²) in [4.78, 5) is 14.6. The third-order valence-electron chi connectivity index (χ3n) is 1.90. The van der Waals surface area contributed by atoms with Crippen molar-refractivity contribution in [2.24, 2.45) is 0 Å². The molecule has 0 amide bonds. The molecule has 1 aliphatic rings. The highest BCUT2D eigenvalue weighted by Gasteiger charge is 2.14. The lowest BCUT2D eigenvalue weighted by Crippen LogP contribution is -2.20. The Kier molecular flexibility index (Phi) is 1.63. The van der Waals surface area contributed by atoms with Crippen LogP contribution in [0.5, 0.6) is 0 Å². The average Bonchev–Trinajstić information content (AvgIpc) is 2.17. The predicted octanol–water partition coefficient (Wildman–Crippen LogP) is 1.01. The van der Waals surface area contributed by atoms with E-state index < -0.39 is 0 Å².